The summed E-state index contributed by atoms with van der Waals surface area (Å²) in [5, 5.41) is 9.98. The van der Waals surface area contributed by atoms with E-state index in [1.165, 1.54) is 28.2 Å². The van der Waals surface area contributed by atoms with Gasteiger partial charge in [0.15, 0.2) is 6.61 Å². The highest BCUT2D eigenvalue weighted by atomic mass is 19.1. The second kappa shape index (κ2) is 15.8. The highest BCUT2D eigenvalue weighted by Gasteiger charge is 2.28. The molecule has 12 heteroatoms. The summed E-state index contributed by atoms with van der Waals surface area (Å²) < 4.78 is 29.6. The lowest BCUT2D eigenvalue weighted by molar-refractivity contribution is -0.129. The lowest BCUT2D eigenvalue weighted by Gasteiger charge is -2.25. The van der Waals surface area contributed by atoms with Gasteiger partial charge >= 0.3 is 6.16 Å². The standard InChI is InChI=1S/C31H35FN4O7/c1-19(34-30(39)25(35-31(32)40)16-20-8-6-5-7-9-20)29(38)36-28(24-15-14-23(41-3)17-26(24)42-4)21-10-12-22(13-11-21)43-18-27(37)33-2/h5-15,17,19,25,28H,16,18H2,1-4H3,(H,33,37)(H,34,39)(H,35,40)(H,36,38). The van der Waals surface area contributed by atoms with Crippen molar-refractivity contribution in [2.45, 2.75) is 31.5 Å². The molecule has 0 aromatic heterocycles. The predicted octanol–water partition coefficient (Wildman–Crippen LogP) is 2.83. The van der Waals surface area contributed by atoms with Crippen LogP contribution >= 0.6 is 0 Å². The largest absolute Gasteiger partial charge is 0.497 e. The van der Waals surface area contributed by atoms with Gasteiger partial charge in [-0.2, -0.15) is 0 Å². The molecule has 3 aromatic carbocycles. The second-order valence-corrected chi connectivity index (χ2v) is 9.47. The van der Waals surface area contributed by atoms with Crippen LogP contribution in [0, 0.1) is 0 Å². The number of rotatable bonds is 14. The molecule has 0 saturated carbocycles. The molecule has 0 aliphatic heterocycles. The van der Waals surface area contributed by atoms with Crippen LogP contribution in [0.3, 0.4) is 0 Å². The molecule has 43 heavy (non-hydrogen) atoms. The maximum Gasteiger partial charge on any atom is 0.398 e. The van der Waals surface area contributed by atoms with Crippen LogP contribution in [0.15, 0.2) is 72.8 Å². The van der Waals surface area contributed by atoms with Crippen molar-refractivity contribution < 1.29 is 37.8 Å². The van der Waals surface area contributed by atoms with E-state index in [0.29, 0.717) is 33.9 Å². The molecular weight excluding hydrogens is 559 g/mol. The fraction of sp³-hybridized carbons (Fsp3) is 0.290. The summed E-state index contributed by atoms with van der Waals surface area (Å²) in [6.45, 7) is 1.32. The van der Waals surface area contributed by atoms with E-state index in [1.807, 2.05) is 5.32 Å². The molecule has 0 spiro atoms. The number of carbonyl (C=O) groups is 4. The van der Waals surface area contributed by atoms with E-state index in [4.69, 9.17) is 14.2 Å². The molecule has 0 aliphatic rings. The predicted molar refractivity (Wildman–Crippen MR) is 157 cm³/mol. The minimum Gasteiger partial charge on any atom is -0.497 e. The van der Waals surface area contributed by atoms with Gasteiger partial charge in [0.05, 0.1) is 20.3 Å². The minimum absolute atomic E-state index is 0.0245. The molecule has 0 radical (unpaired) electrons. The van der Waals surface area contributed by atoms with Crippen molar-refractivity contribution in [1.29, 1.82) is 0 Å². The van der Waals surface area contributed by atoms with Gasteiger partial charge in [-0.05, 0) is 42.3 Å². The summed E-state index contributed by atoms with van der Waals surface area (Å²) in [5.74, 6) is -0.141. The minimum atomic E-state index is -1.86. The number of benzene rings is 3. The lowest BCUT2D eigenvalue weighted by Crippen LogP contribution is -2.53. The van der Waals surface area contributed by atoms with E-state index in [2.05, 4.69) is 16.0 Å². The van der Waals surface area contributed by atoms with Crippen LogP contribution in [-0.4, -0.2) is 63.8 Å². The van der Waals surface area contributed by atoms with E-state index in [1.54, 1.807) is 72.8 Å². The summed E-state index contributed by atoms with van der Waals surface area (Å²) in [6, 6.07) is 17.6. The first-order valence-electron chi connectivity index (χ1n) is 13.4. The molecule has 3 rings (SSSR count). The average Bonchev–Trinajstić information content (AvgIpc) is 3.02. The number of ether oxygens (including phenoxy) is 3. The number of nitrogens with one attached hydrogen (secondary N) is 4. The van der Waals surface area contributed by atoms with E-state index < -0.39 is 36.1 Å². The van der Waals surface area contributed by atoms with Crippen LogP contribution in [0.5, 0.6) is 17.2 Å². The first kappa shape index (κ1) is 32.4. The first-order valence-corrected chi connectivity index (χ1v) is 13.4. The summed E-state index contributed by atoms with van der Waals surface area (Å²) >= 11 is 0. The number of likely N-dealkylation sites (N-methyl/N-ethyl adjacent to an activating group) is 1. The monoisotopic (exact) mass is 594 g/mol. The van der Waals surface area contributed by atoms with Crippen LogP contribution in [0.4, 0.5) is 9.18 Å². The molecule has 0 heterocycles. The molecule has 4 amide bonds. The van der Waals surface area contributed by atoms with Gasteiger partial charge in [0.2, 0.25) is 11.8 Å². The van der Waals surface area contributed by atoms with Gasteiger partial charge in [-0.25, -0.2) is 4.79 Å². The first-order chi connectivity index (χ1) is 20.6. The quantitative estimate of drug-likeness (QED) is 0.166. The molecule has 0 fully saturated rings. The summed E-state index contributed by atoms with van der Waals surface area (Å²) in [6.07, 6.45) is -1.83. The maximum absolute atomic E-state index is 13.4. The Hall–Kier alpha value is -5.13. The van der Waals surface area contributed by atoms with Crippen LogP contribution in [0.25, 0.3) is 0 Å². The number of carbonyl (C=O) groups excluding carboxylic acids is 4. The van der Waals surface area contributed by atoms with Gasteiger partial charge in [-0.15, -0.1) is 4.39 Å². The number of methoxy groups -OCH3 is 2. The number of amides is 4. The average molecular weight is 595 g/mol. The Morgan fingerprint density at radius 1 is 0.814 bits per heavy atom. The highest BCUT2D eigenvalue weighted by molar-refractivity contribution is 5.91. The lowest BCUT2D eigenvalue weighted by atomic mass is 9.97. The van der Waals surface area contributed by atoms with E-state index in [0.717, 1.165) is 0 Å². The fourth-order valence-corrected chi connectivity index (χ4v) is 4.22. The van der Waals surface area contributed by atoms with Crippen LogP contribution in [0.1, 0.15) is 29.7 Å². The Morgan fingerprint density at radius 3 is 2.09 bits per heavy atom. The Kier molecular flexibility index (Phi) is 11.9. The van der Waals surface area contributed by atoms with Gasteiger partial charge in [-0.3, -0.25) is 14.4 Å². The molecule has 3 aromatic rings. The molecule has 0 aliphatic carbocycles. The zero-order chi connectivity index (χ0) is 31.4. The number of hydrogen-bond acceptors (Lipinski definition) is 7. The smallest absolute Gasteiger partial charge is 0.398 e. The third-order valence-electron chi connectivity index (χ3n) is 6.54. The summed E-state index contributed by atoms with van der Waals surface area (Å²) in [4.78, 5) is 49.1. The van der Waals surface area contributed by atoms with Crippen LogP contribution < -0.4 is 35.5 Å². The van der Waals surface area contributed by atoms with Crippen molar-refractivity contribution >= 4 is 23.9 Å². The Labute approximate surface area is 249 Å². The van der Waals surface area contributed by atoms with Gasteiger partial charge < -0.3 is 35.5 Å². The molecule has 3 unspecified atom stereocenters. The van der Waals surface area contributed by atoms with Gasteiger partial charge in [0.1, 0.15) is 29.3 Å². The van der Waals surface area contributed by atoms with E-state index in [-0.39, 0.29) is 18.9 Å². The SMILES string of the molecule is CNC(=O)COc1ccc(C(NC(=O)C(C)NC(=O)C(Cc2ccccc2)NC(=O)F)c2ccc(OC)cc2OC)cc1. The highest BCUT2D eigenvalue weighted by Crippen LogP contribution is 2.34. The summed E-state index contributed by atoms with van der Waals surface area (Å²) in [7, 11) is 4.52. The van der Waals surface area contributed by atoms with Crippen molar-refractivity contribution in [3.63, 3.8) is 0 Å². The number of halogens is 1. The van der Waals surface area contributed by atoms with Gasteiger partial charge in [0.25, 0.3) is 5.91 Å². The van der Waals surface area contributed by atoms with Crippen molar-refractivity contribution in [2.24, 2.45) is 0 Å². The van der Waals surface area contributed by atoms with Crippen LogP contribution in [-0.2, 0) is 20.8 Å². The topological polar surface area (TPSA) is 144 Å². The van der Waals surface area contributed by atoms with E-state index >= 15 is 0 Å². The third-order valence-corrected chi connectivity index (χ3v) is 6.54. The Morgan fingerprint density at radius 2 is 1.49 bits per heavy atom. The molecule has 4 N–H and O–H groups in total. The zero-order valence-corrected chi connectivity index (χ0v) is 24.3. The Balaban J connectivity index is 1.83. The zero-order valence-electron chi connectivity index (χ0n) is 24.3. The summed E-state index contributed by atoms with van der Waals surface area (Å²) in [5.41, 5.74) is 1.94. The molecule has 11 nitrogen and oxygen atoms in total. The second-order valence-electron chi connectivity index (χ2n) is 9.47. The Bertz CT molecular complexity index is 1400. The fourth-order valence-electron chi connectivity index (χ4n) is 4.22. The molecule has 0 bridgehead atoms. The van der Waals surface area contributed by atoms with Crippen molar-refractivity contribution in [3.05, 3.63) is 89.5 Å². The third kappa shape index (κ3) is 9.45. The van der Waals surface area contributed by atoms with E-state index in [9.17, 15) is 23.6 Å². The molecule has 228 valence electrons. The maximum atomic E-state index is 13.4. The van der Waals surface area contributed by atoms with Crippen molar-refractivity contribution in [3.8, 4) is 17.2 Å². The molecular formula is C31H35FN4O7. The van der Waals surface area contributed by atoms with Crippen molar-refractivity contribution in [2.75, 3.05) is 27.9 Å². The molecule has 3 atom stereocenters. The van der Waals surface area contributed by atoms with Gasteiger partial charge in [-0.1, -0.05) is 42.5 Å². The normalized spacial score (nSPS) is 12.6. The van der Waals surface area contributed by atoms with Crippen LogP contribution in [0.2, 0.25) is 0 Å². The van der Waals surface area contributed by atoms with Gasteiger partial charge in [0, 0.05) is 25.1 Å². The van der Waals surface area contributed by atoms with Crippen molar-refractivity contribution in [1.82, 2.24) is 21.3 Å². The number of hydrogen-bond donors (Lipinski definition) is 4. The molecule has 0 saturated heterocycles.